The fraction of sp³-hybridized carbons (Fsp3) is 0.429. The Labute approximate surface area is 116 Å². The molecule has 1 aromatic rings. The molecule has 0 amide bonds. The first-order valence-corrected chi connectivity index (χ1v) is 6.61. The van der Waals surface area contributed by atoms with Crippen LogP contribution < -0.4 is 0 Å². The molecule has 1 fully saturated rings. The average molecular weight is 305 g/mol. The van der Waals surface area contributed by atoms with Gasteiger partial charge in [0.25, 0.3) is 0 Å². The van der Waals surface area contributed by atoms with E-state index in [0.717, 1.165) is 6.08 Å². The lowest BCUT2D eigenvalue weighted by atomic mass is 9.42. The minimum atomic E-state index is -4.88. The summed E-state index contributed by atoms with van der Waals surface area (Å²) < 4.78 is 54.2. The molecule has 6 heteroatoms. The van der Waals surface area contributed by atoms with Crippen LogP contribution in [0.25, 0.3) is 0 Å². The van der Waals surface area contributed by atoms with Gasteiger partial charge in [0.15, 0.2) is 5.60 Å². The highest BCUT2D eigenvalue weighted by Crippen LogP contribution is 2.81. The molecule has 0 saturated heterocycles. The van der Waals surface area contributed by atoms with Crippen molar-refractivity contribution in [1.82, 2.24) is 0 Å². The van der Waals surface area contributed by atoms with Crippen LogP contribution in [0.4, 0.5) is 17.6 Å². The van der Waals surface area contributed by atoms with Crippen molar-refractivity contribution >= 4 is 11.6 Å². The van der Waals surface area contributed by atoms with Crippen LogP contribution in [-0.4, -0.2) is 16.7 Å². The zero-order chi connectivity index (χ0) is 14.5. The molecule has 4 unspecified atom stereocenters. The van der Waals surface area contributed by atoms with Gasteiger partial charge in [-0.2, -0.15) is 13.2 Å². The van der Waals surface area contributed by atoms with E-state index in [0.29, 0.717) is 5.56 Å². The van der Waals surface area contributed by atoms with Crippen LogP contribution in [-0.2, 0) is 5.60 Å². The molecule has 0 heterocycles. The Bertz CT molecular complexity index is 655. The van der Waals surface area contributed by atoms with Crippen LogP contribution in [0.15, 0.2) is 36.2 Å². The molecular formula is C14H9ClF4O. The number of hydrogen-bond donors (Lipinski definition) is 1. The highest BCUT2D eigenvalue weighted by molar-refractivity contribution is 6.23. The molecule has 1 N–H and O–H groups in total. The van der Waals surface area contributed by atoms with E-state index >= 15 is 0 Å². The molecule has 3 aliphatic rings. The molecule has 3 aliphatic carbocycles. The average Bonchev–Trinajstić information content (AvgIpc) is 2.55. The third-order valence-corrected chi connectivity index (χ3v) is 5.57. The molecule has 106 valence electrons. The summed E-state index contributed by atoms with van der Waals surface area (Å²) >= 11 is 6.08. The second-order valence-corrected chi connectivity index (χ2v) is 6.16. The van der Waals surface area contributed by atoms with E-state index in [1.54, 1.807) is 6.07 Å². The normalized spacial score (nSPS) is 44.7. The number of hydrogen-bond acceptors (Lipinski definition) is 1. The van der Waals surface area contributed by atoms with Gasteiger partial charge in [0, 0.05) is 11.8 Å². The summed E-state index contributed by atoms with van der Waals surface area (Å²) in [5, 5.41) is 9.74. The van der Waals surface area contributed by atoms with Gasteiger partial charge in [0.2, 0.25) is 0 Å². The molecule has 0 radical (unpaired) electrons. The first-order valence-electron chi connectivity index (χ1n) is 6.17. The summed E-state index contributed by atoms with van der Waals surface area (Å²) in [5.74, 6) is -2.42. The molecule has 0 bridgehead atoms. The van der Waals surface area contributed by atoms with Crippen molar-refractivity contribution < 1.29 is 22.7 Å². The van der Waals surface area contributed by atoms with E-state index in [2.05, 4.69) is 0 Å². The fourth-order valence-electron chi connectivity index (χ4n) is 4.29. The molecule has 0 aliphatic heterocycles. The van der Waals surface area contributed by atoms with Crippen molar-refractivity contribution in [2.24, 2.45) is 11.3 Å². The van der Waals surface area contributed by atoms with Gasteiger partial charge < -0.3 is 5.11 Å². The van der Waals surface area contributed by atoms with Gasteiger partial charge in [-0.25, -0.2) is 4.39 Å². The Morgan fingerprint density at radius 1 is 1.15 bits per heavy atom. The molecule has 1 saturated carbocycles. The highest BCUT2D eigenvalue weighted by atomic mass is 35.5. The standard InChI is InChI=1S/C14H9ClF4O/c15-11-9-6-3-1-2-4-7(6)13(20,14(17,18)19)12(9)5-8(16)10(11)12/h1-5,9-11,20H/t9?,10?,11?,12-,13?/m1/s1. The van der Waals surface area contributed by atoms with Crippen molar-refractivity contribution in [2.75, 3.05) is 0 Å². The number of allylic oxidation sites excluding steroid dienone is 1. The van der Waals surface area contributed by atoms with Crippen LogP contribution in [0.2, 0.25) is 0 Å². The van der Waals surface area contributed by atoms with Gasteiger partial charge in [0.1, 0.15) is 5.83 Å². The molecule has 1 nitrogen and oxygen atoms in total. The molecule has 5 atom stereocenters. The lowest BCUT2D eigenvalue weighted by molar-refractivity contribution is -0.325. The Morgan fingerprint density at radius 3 is 2.40 bits per heavy atom. The molecule has 20 heavy (non-hydrogen) atoms. The van der Waals surface area contributed by atoms with Gasteiger partial charge >= 0.3 is 6.18 Å². The van der Waals surface area contributed by atoms with Crippen LogP contribution in [0.5, 0.6) is 0 Å². The summed E-state index contributed by atoms with van der Waals surface area (Å²) in [6, 6.07) is 5.82. The van der Waals surface area contributed by atoms with Crippen molar-refractivity contribution in [3.05, 3.63) is 47.3 Å². The number of benzene rings is 1. The van der Waals surface area contributed by atoms with E-state index in [1.807, 2.05) is 0 Å². The summed E-state index contributed by atoms with van der Waals surface area (Å²) in [5.41, 5.74) is -4.57. The first-order chi connectivity index (χ1) is 9.27. The molecule has 1 aromatic carbocycles. The zero-order valence-electron chi connectivity index (χ0n) is 9.96. The topological polar surface area (TPSA) is 20.2 Å². The molecular weight excluding hydrogens is 296 g/mol. The Morgan fingerprint density at radius 2 is 1.80 bits per heavy atom. The largest absolute Gasteiger partial charge is 0.422 e. The number of rotatable bonds is 0. The van der Waals surface area contributed by atoms with Crippen LogP contribution in [0.3, 0.4) is 0 Å². The van der Waals surface area contributed by atoms with Gasteiger partial charge in [-0.05, 0) is 17.2 Å². The Kier molecular flexibility index (Phi) is 2.04. The predicted molar refractivity (Wildman–Crippen MR) is 63.9 cm³/mol. The summed E-state index contributed by atoms with van der Waals surface area (Å²) in [6.07, 6.45) is -3.97. The first kappa shape index (κ1) is 12.7. The van der Waals surface area contributed by atoms with Crippen LogP contribution in [0.1, 0.15) is 17.0 Å². The van der Waals surface area contributed by atoms with Gasteiger partial charge in [-0.3, -0.25) is 0 Å². The Hall–Kier alpha value is -1.07. The third kappa shape index (κ3) is 0.959. The number of alkyl halides is 4. The quantitative estimate of drug-likeness (QED) is 0.573. The fourth-order valence-corrected chi connectivity index (χ4v) is 4.96. The van der Waals surface area contributed by atoms with Crippen molar-refractivity contribution in [2.45, 2.75) is 23.1 Å². The van der Waals surface area contributed by atoms with Crippen molar-refractivity contribution in [1.29, 1.82) is 0 Å². The Balaban J connectivity index is 2.04. The summed E-state index contributed by atoms with van der Waals surface area (Å²) in [4.78, 5) is 0. The van der Waals surface area contributed by atoms with Gasteiger partial charge in [-0.1, -0.05) is 24.3 Å². The lowest BCUT2D eigenvalue weighted by Crippen LogP contribution is -2.70. The smallest absolute Gasteiger partial charge is 0.376 e. The maximum absolute atomic E-state index is 13.5. The predicted octanol–water partition coefficient (Wildman–Crippen LogP) is 3.62. The van der Waals surface area contributed by atoms with Crippen molar-refractivity contribution in [3.63, 3.8) is 0 Å². The van der Waals surface area contributed by atoms with E-state index in [1.165, 1.54) is 18.2 Å². The van der Waals surface area contributed by atoms with Crippen LogP contribution >= 0.6 is 11.6 Å². The summed E-state index contributed by atoms with van der Waals surface area (Å²) in [6.45, 7) is 0. The van der Waals surface area contributed by atoms with E-state index in [9.17, 15) is 22.7 Å². The second-order valence-electron chi connectivity index (χ2n) is 5.66. The van der Waals surface area contributed by atoms with Gasteiger partial charge in [-0.15, -0.1) is 11.6 Å². The van der Waals surface area contributed by atoms with Crippen LogP contribution in [0, 0.1) is 11.3 Å². The molecule has 0 aromatic heterocycles. The molecule has 1 spiro atoms. The SMILES string of the molecule is OC1(C(F)(F)F)c2ccccc2C2C(Cl)C3C(F)=C[C@]321. The zero-order valence-corrected chi connectivity index (χ0v) is 10.7. The van der Waals surface area contributed by atoms with E-state index in [-0.39, 0.29) is 5.56 Å². The highest BCUT2D eigenvalue weighted by Gasteiger charge is 2.85. The van der Waals surface area contributed by atoms with E-state index < -0.39 is 40.2 Å². The van der Waals surface area contributed by atoms with Crippen molar-refractivity contribution in [3.8, 4) is 0 Å². The molecule has 4 rings (SSSR count). The third-order valence-electron chi connectivity index (χ3n) is 5.06. The second kappa shape index (κ2) is 3.22. The van der Waals surface area contributed by atoms with E-state index in [4.69, 9.17) is 11.6 Å². The maximum Gasteiger partial charge on any atom is 0.422 e. The maximum atomic E-state index is 13.5. The summed E-state index contributed by atoms with van der Waals surface area (Å²) in [7, 11) is 0. The van der Waals surface area contributed by atoms with Gasteiger partial charge in [0.05, 0.1) is 10.8 Å². The lowest BCUT2D eigenvalue weighted by Gasteiger charge is -2.64. The minimum Gasteiger partial charge on any atom is -0.376 e. The number of fused-ring (bicyclic) bond motifs is 2. The number of aliphatic hydroxyl groups is 1. The minimum absolute atomic E-state index is 0.200. The number of halogens is 5. The monoisotopic (exact) mass is 304 g/mol.